The van der Waals surface area contributed by atoms with Gasteiger partial charge >= 0.3 is 0 Å². The van der Waals surface area contributed by atoms with E-state index in [4.69, 9.17) is 9.72 Å². The zero-order valence-electron chi connectivity index (χ0n) is 19.8. The number of hydrogen-bond acceptors (Lipinski definition) is 5. The van der Waals surface area contributed by atoms with Crippen LogP contribution in [0.5, 0.6) is 0 Å². The summed E-state index contributed by atoms with van der Waals surface area (Å²) < 4.78 is 7.18. The summed E-state index contributed by atoms with van der Waals surface area (Å²) in [5, 5.41) is 8.49. The second kappa shape index (κ2) is 9.27. The predicted molar refractivity (Wildman–Crippen MR) is 134 cm³/mol. The van der Waals surface area contributed by atoms with Crippen molar-refractivity contribution in [3.8, 4) is 11.3 Å². The van der Waals surface area contributed by atoms with E-state index in [2.05, 4.69) is 39.6 Å². The summed E-state index contributed by atoms with van der Waals surface area (Å²) in [6.07, 6.45) is 0. The zero-order chi connectivity index (χ0) is 23.7. The van der Waals surface area contributed by atoms with Crippen molar-refractivity contribution in [1.82, 2.24) is 20.1 Å². The van der Waals surface area contributed by atoms with Crippen LogP contribution in [0, 0.1) is 6.92 Å². The Kier molecular flexibility index (Phi) is 6.02. The van der Waals surface area contributed by atoms with E-state index in [9.17, 15) is 4.79 Å². The molecular weight excluding hydrogens is 426 g/mol. The van der Waals surface area contributed by atoms with Crippen molar-refractivity contribution in [2.75, 3.05) is 31.2 Å². The number of carbonyl (C=O) groups excluding carboxylic acids is 1. The van der Waals surface area contributed by atoms with Crippen molar-refractivity contribution in [1.29, 1.82) is 0 Å². The maximum Gasteiger partial charge on any atom is 0.252 e. The lowest BCUT2D eigenvalue weighted by molar-refractivity contribution is 0.0941. The number of anilines is 1. The molecule has 1 aliphatic heterocycles. The lowest BCUT2D eigenvalue weighted by atomic mass is 10.0. The molecule has 1 N–H and O–H groups in total. The summed E-state index contributed by atoms with van der Waals surface area (Å²) in [7, 11) is 1.86. The number of carbonyl (C=O) groups is 1. The van der Waals surface area contributed by atoms with Gasteiger partial charge in [-0.25, -0.2) is 4.98 Å². The third kappa shape index (κ3) is 4.26. The number of aryl methyl sites for hydroxylation is 2. The van der Waals surface area contributed by atoms with Crippen molar-refractivity contribution in [2.45, 2.75) is 19.9 Å². The molecule has 1 aliphatic rings. The van der Waals surface area contributed by atoms with Gasteiger partial charge in [0, 0.05) is 31.4 Å². The molecule has 0 aliphatic carbocycles. The number of nitrogens with zero attached hydrogens (tertiary/aromatic N) is 4. The maximum atomic E-state index is 13.5. The second-order valence-electron chi connectivity index (χ2n) is 8.71. The topological polar surface area (TPSA) is 72.3 Å². The molecule has 1 fully saturated rings. The summed E-state index contributed by atoms with van der Waals surface area (Å²) >= 11 is 0. The first-order valence-electron chi connectivity index (χ1n) is 11.6. The second-order valence-corrected chi connectivity index (χ2v) is 8.71. The number of pyridine rings is 1. The van der Waals surface area contributed by atoms with Crippen LogP contribution >= 0.6 is 0 Å². The van der Waals surface area contributed by atoms with Gasteiger partial charge in [-0.1, -0.05) is 42.5 Å². The van der Waals surface area contributed by atoms with E-state index in [0.29, 0.717) is 11.2 Å². The molecule has 3 heterocycles. The quantitative estimate of drug-likeness (QED) is 0.487. The molecule has 34 heavy (non-hydrogen) atoms. The molecule has 0 spiro atoms. The van der Waals surface area contributed by atoms with E-state index in [-0.39, 0.29) is 11.9 Å². The highest BCUT2D eigenvalue weighted by Gasteiger charge is 2.21. The number of hydrogen-bond donors (Lipinski definition) is 1. The van der Waals surface area contributed by atoms with Crippen molar-refractivity contribution in [3.05, 3.63) is 77.5 Å². The molecule has 5 rings (SSSR count). The third-order valence-electron chi connectivity index (χ3n) is 6.40. The van der Waals surface area contributed by atoms with E-state index >= 15 is 0 Å². The fraction of sp³-hybridized carbons (Fsp3) is 0.296. The molecule has 2 aromatic carbocycles. The van der Waals surface area contributed by atoms with Crippen LogP contribution in [0.4, 0.5) is 5.69 Å². The highest BCUT2D eigenvalue weighted by molar-refractivity contribution is 6.07. The number of rotatable bonds is 5. The van der Waals surface area contributed by atoms with Crippen molar-refractivity contribution >= 4 is 22.6 Å². The molecule has 1 amide bonds. The number of ether oxygens (including phenoxy) is 1. The van der Waals surface area contributed by atoms with Crippen LogP contribution in [0.3, 0.4) is 0 Å². The molecule has 7 nitrogen and oxygen atoms in total. The molecule has 7 heteroatoms. The first-order chi connectivity index (χ1) is 16.5. The van der Waals surface area contributed by atoms with Crippen LogP contribution in [0.15, 0.2) is 60.7 Å². The van der Waals surface area contributed by atoms with Crippen LogP contribution in [-0.2, 0) is 11.8 Å². The lowest BCUT2D eigenvalue weighted by Gasteiger charge is -2.29. The Labute approximate surface area is 199 Å². The van der Waals surface area contributed by atoms with Gasteiger partial charge in [-0.15, -0.1) is 0 Å². The summed E-state index contributed by atoms with van der Waals surface area (Å²) in [6.45, 7) is 7.24. The maximum absolute atomic E-state index is 13.5. The Morgan fingerprint density at radius 2 is 1.76 bits per heavy atom. The van der Waals surface area contributed by atoms with Crippen molar-refractivity contribution in [2.24, 2.45) is 7.05 Å². The van der Waals surface area contributed by atoms with Gasteiger partial charge in [0.05, 0.1) is 41.6 Å². The number of fused-ring (bicyclic) bond motifs is 1. The van der Waals surface area contributed by atoms with E-state index in [1.165, 1.54) is 5.69 Å². The monoisotopic (exact) mass is 455 g/mol. The zero-order valence-corrected chi connectivity index (χ0v) is 19.8. The van der Waals surface area contributed by atoms with Gasteiger partial charge in [0.1, 0.15) is 0 Å². The number of amides is 1. The molecule has 4 aromatic rings. The fourth-order valence-electron chi connectivity index (χ4n) is 4.53. The average molecular weight is 456 g/mol. The van der Waals surface area contributed by atoms with Crippen molar-refractivity contribution < 1.29 is 9.53 Å². The summed E-state index contributed by atoms with van der Waals surface area (Å²) in [4.78, 5) is 20.6. The molecule has 1 saturated heterocycles. The van der Waals surface area contributed by atoms with Gasteiger partial charge < -0.3 is 15.0 Å². The smallest absolute Gasteiger partial charge is 0.252 e. The summed E-state index contributed by atoms with van der Waals surface area (Å²) in [5.74, 6) is -0.134. The van der Waals surface area contributed by atoms with Crippen LogP contribution in [0.1, 0.15) is 34.6 Å². The molecule has 0 bridgehead atoms. The van der Waals surface area contributed by atoms with Gasteiger partial charge in [0.15, 0.2) is 5.65 Å². The highest BCUT2D eigenvalue weighted by atomic mass is 16.5. The molecule has 0 saturated carbocycles. The molecule has 1 atom stereocenters. The van der Waals surface area contributed by atoms with Crippen LogP contribution in [0.25, 0.3) is 22.3 Å². The minimum absolute atomic E-state index is 0.134. The fourth-order valence-corrected chi connectivity index (χ4v) is 4.53. The summed E-state index contributed by atoms with van der Waals surface area (Å²) in [6, 6.07) is 20.0. The molecule has 0 radical (unpaired) electrons. The van der Waals surface area contributed by atoms with E-state index < -0.39 is 0 Å². The third-order valence-corrected chi connectivity index (χ3v) is 6.40. The Bertz CT molecular complexity index is 1310. The lowest BCUT2D eigenvalue weighted by Crippen LogP contribution is -2.36. The number of nitrogens with one attached hydrogen (secondary N) is 1. The minimum Gasteiger partial charge on any atom is -0.378 e. The van der Waals surface area contributed by atoms with Crippen LogP contribution < -0.4 is 10.2 Å². The average Bonchev–Trinajstić information content (AvgIpc) is 3.17. The number of morpholine rings is 1. The van der Waals surface area contributed by atoms with Gasteiger partial charge in [0.25, 0.3) is 5.91 Å². The Morgan fingerprint density at radius 1 is 1.06 bits per heavy atom. The first-order valence-corrected chi connectivity index (χ1v) is 11.6. The molecule has 174 valence electrons. The Morgan fingerprint density at radius 3 is 2.47 bits per heavy atom. The minimum atomic E-state index is -0.147. The normalized spacial score (nSPS) is 14.9. The standard InChI is InChI=1S/C27H29N5O2/c1-18(20-9-11-22(12-10-20)32-13-15-34-16-14-32)28-27(33)23-17-24(21-7-5-4-6-8-21)29-26-25(23)19(2)30-31(26)3/h4-12,17-18H,13-16H2,1-3H3,(H,28,33). The van der Waals surface area contributed by atoms with Crippen molar-refractivity contribution in [3.63, 3.8) is 0 Å². The van der Waals surface area contributed by atoms with Gasteiger partial charge in [-0.3, -0.25) is 9.48 Å². The van der Waals surface area contributed by atoms with Gasteiger partial charge in [-0.05, 0) is 37.6 Å². The molecule has 2 aromatic heterocycles. The van der Waals surface area contributed by atoms with Crippen LogP contribution in [0.2, 0.25) is 0 Å². The predicted octanol–water partition coefficient (Wildman–Crippen LogP) is 4.27. The molecule has 1 unspecified atom stereocenters. The number of benzene rings is 2. The van der Waals surface area contributed by atoms with Gasteiger partial charge in [-0.2, -0.15) is 5.10 Å². The highest BCUT2D eigenvalue weighted by Crippen LogP contribution is 2.28. The largest absolute Gasteiger partial charge is 0.378 e. The van der Waals surface area contributed by atoms with E-state index in [0.717, 1.165) is 54.2 Å². The van der Waals surface area contributed by atoms with E-state index in [1.54, 1.807) is 4.68 Å². The summed E-state index contributed by atoms with van der Waals surface area (Å²) in [5.41, 5.74) is 6.03. The Hall–Kier alpha value is -3.71. The van der Waals surface area contributed by atoms with E-state index in [1.807, 2.05) is 57.3 Å². The Balaban J connectivity index is 1.42. The number of aromatic nitrogens is 3. The molecular formula is C27H29N5O2. The SMILES string of the molecule is Cc1nn(C)c2nc(-c3ccccc3)cc(C(=O)NC(C)c3ccc(N4CCOCC4)cc3)c12. The van der Waals surface area contributed by atoms with Crippen LogP contribution in [-0.4, -0.2) is 47.0 Å². The van der Waals surface area contributed by atoms with Gasteiger partial charge in [0.2, 0.25) is 0 Å². The first kappa shape index (κ1) is 22.1.